The summed E-state index contributed by atoms with van der Waals surface area (Å²) in [6.45, 7) is 4.71. The molecule has 0 spiro atoms. The molecule has 1 aliphatic heterocycles. The fraction of sp³-hybridized carbons (Fsp3) is 0.250. The van der Waals surface area contributed by atoms with Gasteiger partial charge in [0, 0.05) is 12.7 Å². The maximum Gasteiger partial charge on any atom is 0.269 e. The standard InChI is InChI=1S/C24H23N3O3S2/c1-3-5-13-27-23(29)19(32-24(27)31)15-18-21(30-17-11-9-16(4-2)10-12-17)25-20-8-6-7-14-26(20)22(18)28/h6-12,14-15H,3-5,13H2,1-2H3/b19-15+. The number of hydrogen-bond donors (Lipinski definition) is 0. The first-order chi connectivity index (χ1) is 15.5. The number of carbonyl (C=O) groups is 1. The second-order valence-corrected chi connectivity index (χ2v) is 9.03. The van der Waals surface area contributed by atoms with Crippen molar-refractivity contribution in [2.45, 2.75) is 33.1 Å². The first-order valence-electron chi connectivity index (χ1n) is 10.6. The number of aromatic nitrogens is 2. The summed E-state index contributed by atoms with van der Waals surface area (Å²) in [4.78, 5) is 32.8. The molecular formula is C24H23N3O3S2. The molecular weight excluding hydrogens is 442 g/mol. The van der Waals surface area contributed by atoms with Crippen molar-refractivity contribution in [3.63, 3.8) is 0 Å². The van der Waals surface area contributed by atoms with E-state index in [2.05, 4.69) is 18.8 Å². The summed E-state index contributed by atoms with van der Waals surface area (Å²) < 4.78 is 7.97. The number of thiocarbonyl (C=S) groups is 1. The summed E-state index contributed by atoms with van der Waals surface area (Å²) >= 11 is 6.59. The van der Waals surface area contributed by atoms with Gasteiger partial charge >= 0.3 is 0 Å². The Balaban J connectivity index is 1.78. The highest BCUT2D eigenvalue weighted by molar-refractivity contribution is 8.26. The highest BCUT2D eigenvalue weighted by atomic mass is 32.2. The molecule has 6 nitrogen and oxygen atoms in total. The number of amides is 1. The minimum Gasteiger partial charge on any atom is -0.438 e. The molecule has 0 aliphatic carbocycles. The predicted molar refractivity (Wildman–Crippen MR) is 132 cm³/mol. The highest BCUT2D eigenvalue weighted by Gasteiger charge is 2.32. The maximum absolute atomic E-state index is 13.3. The van der Waals surface area contributed by atoms with E-state index < -0.39 is 0 Å². The number of fused-ring (bicyclic) bond motifs is 1. The Kier molecular flexibility index (Phi) is 6.72. The fourth-order valence-electron chi connectivity index (χ4n) is 3.33. The van der Waals surface area contributed by atoms with Crippen molar-refractivity contribution in [3.05, 3.63) is 75.0 Å². The van der Waals surface area contributed by atoms with Crippen LogP contribution < -0.4 is 10.3 Å². The Bertz CT molecular complexity index is 1270. The van der Waals surface area contributed by atoms with Crippen LogP contribution in [0.25, 0.3) is 11.7 Å². The molecule has 0 saturated carbocycles. The van der Waals surface area contributed by atoms with E-state index >= 15 is 0 Å². The molecule has 0 unspecified atom stereocenters. The Hall–Kier alpha value is -2.97. The SMILES string of the molecule is CCCCN1C(=O)/C(=C\c2c(Oc3ccc(CC)cc3)nc3ccccn3c2=O)SC1=S. The average molecular weight is 466 g/mol. The van der Waals surface area contributed by atoms with E-state index in [1.165, 1.54) is 21.7 Å². The smallest absolute Gasteiger partial charge is 0.269 e. The minimum atomic E-state index is -0.311. The van der Waals surface area contributed by atoms with E-state index in [1.807, 2.05) is 24.3 Å². The number of carbonyl (C=O) groups excluding carboxylic acids is 1. The normalized spacial score (nSPS) is 15.2. The molecule has 164 valence electrons. The van der Waals surface area contributed by atoms with Crippen LogP contribution >= 0.6 is 24.0 Å². The molecule has 0 radical (unpaired) electrons. The van der Waals surface area contributed by atoms with Gasteiger partial charge in [-0.25, -0.2) is 0 Å². The molecule has 1 amide bonds. The van der Waals surface area contributed by atoms with Gasteiger partial charge in [0.25, 0.3) is 11.5 Å². The van der Waals surface area contributed by atoms with Gasteiger partial charge in [-0.05, 0) is 48.7 Å². The molecule has 0 atom stereocenters. The van der Waals surface area contributed by atoms with Crippen LogP contribution in [0.3, 0.4) is 0 Å². The van der Waals surface area contributed by atoms with Gasteiger partial charge < -0.3 is 4.74 Å². The Labute approximate surface area is 195 Å². The second-order valence-electron chi connectivity index (χ2n) is 7.35. The lowest BCUT2D eigenvalue weighted by Gasteiger charge is -2.13. The molecule has 8 heteroatoms. The molecule has 32 heavy (non-hydrogen) atoms. The number of benzene rings is 1. The Morgan fingerprint density at radius 1 is 1.12 bits per heavy atom. The van der Waals surface area contributed by atoms with Crippen LogP contribution in [0.1, 0.15) is 37.8 Å². The predicted octanol–water partition coefficient (Wildman–Crippen LogP) is 5.05. The van der Waals surface area contributed by atoms with Gasteiger partial charge in [0.2, 0.25) is 5.88 Å². The second kappa shape index (κ2) is 9.67. The summed E-state index contributed by atoms with van der Waals surface area (Å²) in [5.74, 6) is 0.535. The van der Waals surface area contributed by atoms with Gasteiger partial charge in [0.15, 0.2) is 0 Å². The van der Waals surface area contributed by atoms with Crippen LogP contribution in [-0.2, 0) is 11.2 Å². The van der Waals surface area contributed by atoms with Crippen molar-refractivity contribution >= 4 is 45.9 Å². The zero-order valence-electron chi connectivity index (χ0n) is 17.9. The van der Waals surface area contributed by atoms with Crippen LogP contribution in [0.4, 0.5) is 0 Å². The van der Waals surface area contributed by atoms with Gasteiger partial charge in [-0.1, -0.05) is 62.4 Å². The molecule has 0 N–H and O–H groups in total. The third kappa shape index (κ3) is 4.47. The Morgan fingerprint density at radius 2 is 1.91 bits per heavy atom. The molecule has 1 fully saturated rings. The van der Waals surface area contributed by atoms with E-state index in [0.29, 0.717) is 27.2 Å². The number of thioether (sulfide) groups is 1. The van der Waals surface area contributed by atoms with Crippen LogP contribution in [0.5, 0.6) is 11.6 Å². The van der Waals surface area contributed by atoms with Crippen molar-refractivity contribution in [3.8, 4) is 11.6 Å². The monoisotopic (exact) mass is 465 g/mol. The number of rotatable bonds is 7. The van der Waals surface area contributed by atoms with Gasteiger partial charge in [-0.3, -0.25) is 18.9 Å². The van der Waals surface area contributed by atoms with Crippen LogP contribution in [-0.4, -0.2) is 31.1 Å². The van der Waals surface area contributed by atoms with E-state index in [9.17, 15) is 9.59 Å². The molecule has 4 rings (SSSR count). The number of ether oxygens (including phenoxy) is 1. The van der Waals surface area contributed by atoms with Crippen molar-refractivity contribution < 1.29 is 9.53 Å². The Morgan fingerprint density at radius 3 is 2.62 bits per heavy atom. The van der Waals surface area contributed by atoms with Crippen LogP contribution in [0.15, 0.2) is 58.4 Å². The first-order valence-corrected chi connectivity index (χ1v) is 11.8. The van der Waals surface area contributed by atoms with E-state index in [-0.39, 0.29) is 22.9 Å². The summed E-state index contributed by atoms with van der Waals surface area (Å²) in [5, 5.41) is 0. The third-order valence-corrected chi connectivity index (χ3v) is 6.54. The van der Waals surface area contributed by atoms with Crippen molar-refractivity contribution in [1.29, 1.82) is 0 Å². The topological polar surface area (TPSA) is 63.9 Å². The lowest BCUT2D eigenvalue weighted by atomic mass is 10.2. The minimum absolute atomic E-state index is 0.157. The van der Waals surface area contributed by atoms with Gasteiger partial charge in [0.1, 0.15) is 21.3 Å². The van der Waals surface area contributed by atoms with E-state index in [4.69, 9.17) is 17.0 Å². The number of aryl methyl sites for hydroxylation is 1. The third-order valence-electron chi connectivity index (χ3n) is 5.16. The summed E-state index contributed by atoms with van der Waals surface area (Å²) in [6.07, 6.45) is 5.94. The molecule has 2 aromatic heterocycles. The molecule has 3 heterocycles. The van der Waals surface area contributed by atoms with Crippen LogP contribution in [0, 0.1) is 0 Å². The summed E-state index contributed by atoms with van der Waals surface area (Å²) in [7, 11) is 0. The number of pyridine rings is 1. The molecule has 1 aliphatic rings. The van der Waals surface area contributed by atoms with Crippen molar-refractivity contribution in [2.24, 2.45) is 0 Å². The number of unbranched alkanes of at least 4 members (excludes halogenated alkanes) is 1. The van der Waals surface area contributed by atoms with E-state index in [0.717, 1.165) is 19.3 Å². The largest absolute Gasteiger partial charge is 0.438 e. The van der Waals surface area contributed by atoms with Crippen LogP contribution in [0.2, 0.25) is 0 Å². The maximum atomic E-state index is 13.3. The lowest BCUT2D eigenvalue weighted by Crippen LogP contribution is -2.29. The highest BCUT2D eigenvalue weighted by Crippen LogP contribution is 2.34. The van der Waals surface area contributed by atoms with Crippen molar-refractivity contribution in [2.75, 3.05) is 6.54 Å². The molecule has 3 aromatic rings. The first kappa shape index (κ1) is 22.2. The zero-order chi connectivity index (χ0) is 22.7. The number of hydrogen-bond acceptors (Lipinski definition) is 6. The lowest BCUT2D eigenvalue weighted by molar-refractivity contribution is -0.122. The molecule has 1 saturated heterocycles. The summed E-state index contributed by atoms with van der Waals surface area (Å²) in [5.41, 5.74) is 1.55. The molecule has 0 bridgehead atoms. The van der Waals surface area contributed by atoms with Gasteiger partial charge in [-0.15, -0.1) is 0 Å². The quantitative estimate of drug-likeness (QED) is 0.359. The molecule has 1 aromatic carbocycles. The van der Waals surface area contributed by atoms with Crippen molar-refractivity contribution in [1.82, 2.24) is 14.3 Å². The fourth-order valence-corrected chi connectivity index (χ4v) is 4.62. The van der Waals surface area contributed by atoms with Gasteiger partial charge in [0.05, 0.1) is 4.91 Å². The zero-order valence-corrected chi connectivity index (χ0v) is 19.5. The summed E-state index contributed by atoms with van der Waals surface area (Å²) in [6, 6.07) is 12.9. The average Bonchev–Trinajstić information content (AvgIpc) is 3.07. The van der Waals surface area contributed by atoms with E-state index in [1.54, 1.807) is 35.4 Å². The van der Waals surface area contributed by atoms with Gasteiger partial charge in [-0.2, -0.15) is 4.98 Å². The number of nitrogens with zero attached hydrogens (tertiary/aromatic N) is 3.